The second-order valence-electron chi connectivity index (χ2n) is 8.57. The smallest absolute Gasteiger partial charge is 0.410 e. The summed E-state index contributed by atoms with van der Waals surface area (Å²) in [6.45, 7) is 9.89. The Morgan fingerprint density at radius 2 is 1.79 bits per heavy atom. The van der Waals surface area contributed by atoms with Crippen LogP contribution in [-0.4, -0.2) is 60.2 Å². The Morgan fingerprint density at radius 3 is 2.36 bits per heavy atom. The van der Waals surface area contributed by atoms with Crippen LogP contribution in [-0.2, 0) is 20.9 Å². The summed E-state index contributed by atoms with van der Waals surface area (Å²) in [5.74, 6) is 0.414. The summed E-state index contributed by atoms with van der Waals surface area (Å²) >= 11 is 0. The number of carbonyl (C=O) groups excluding carboxylic acids is 2. The van der Waals surface area contributed by atoms with E-state index in [2.05, 4.69) is 0 Å². The molecule has 1 aliphatic rings. The van der Waals surface area contributed by atoms with Gasteiger partial charge in [-0.2, -0.15) is 0 Å². The molecule has 1 atom stereocenters. The first-order valence-corrected chi connectivity index (χ1v) is 10.0. The fraction of sp³-hybridized carbons (Fsp3) is 0.636. The quantitative estimate of drug-likeness (QED) is 0.743. The summed E-state index contributed by atoms with van der Waals surface area (Å²) in [6, 6.07) is 9.87. The zero-order valence-electron chi connectivity index (χ0n) is 17.8. The Morgan fingerprint density at radius 1 is 1.18 bits per heavy atom. The molecule has 1 aliphatic heterocycles. The van der Waals surface area contributed by atoms with Crippen LogP contribution >= 0.6 is 0 Å². The van der Waals surface area contributed by atoms with E-state index in [0.29, 0.717) is 32.2 Å². The van der Waals surface area contributed by atoms with Crippen molar-refractivity contribution < 1.29 is 19.1 Å². The van der Waals surface area contributed by atoms with Crippen molar-refractivity contribution in [2.45, 2.75) is 58.8 Å². The van der Waals surface area contributed by atoms with Crippen molar-refractivity contribution in [3.63, 3.8) is 0 Å². The number of ether oxygens (including phenoxy) is 2. The highest BCUT2D eigenvalue weighted by atomic mass is 16.6. The number of likely N-dealkylation sites (tertiary alicyclic amines) is 1. The van der Waals surface area contributed by atoms with Crippen molar-refractivity contribution in [2.75, 3.05) is 26.7 Å². The van der Waals surface area contributed by atoms with Crippen molar-refractivity contribution >= 4 is 12.0 Å². The monoisotopic (exact) mass is 390 g/mol. The molecule has 28 heavy (non-hydrogen) atoms. The average molecular weight is 391 g/mol. The number of hydrogen-bond donors (Lipinski definition) is 0. The predicted molar refractivity (Wildman–Crippen MR) is 109 cm³/mol. The second-order valence-corrected chi connectivity index (χ2v) is 8.57. The number of hydrogen-bond acceptors (Lipinski definition) is 4. The van der Waals surface area contributed by atoms with Crippen LogP contribution in [0.1, 0.15) is 46.1 Å². The Balaban J connectivity index is 1.73. The molecule has 6 nitrogen and oxygen atoms in total. The molecular formula is C22H34N2O4. The van der Waals surface area contributed by atoms with E-state index in [4.69, 9.17) is 9.47 Å². The van der Waals surface area contributed by atoms with Crippen LogP contribution in [0.5, 0.6) is 0 Å². The Hall–Kier alpha value is -2.08. The van der Waals surface area contributed by atoms with Crippen molar-refractivity contribution in [3.05, 3.63) is 35.9 Å². The third-order valence-corrected chi connectivity index (χ3v) is 4.85. The molecule has 2 amide bonds. The van der Waals surface area contributed by atoms with Gasteiger partial charge in [-0.05, 0) is 52.0 Å². The Kier molecular flexibility index (Phi) is 7.87. The van der Waals surface area contributed by atoms with Gasteiger partial charge in [-0.25, -0.2) is 4.79 Å². The van der Waals surface area contributed by atoms with Crippen LogP contribution < -0.4 is 0 Å². The molecule has 0 aliphatic carbocycles. The molecule has 1 saturated heterocycles. The van der Waals surface area contributed by atoms with Crippen molar-refractivity contribution in [1.29, 1.82) is 0 Å². The van der Waals surface area contributed by atoms with E-state index in [0.717, 1.165) is 18.4 Å². The maximum Gasteiger partial charge on any atom is 0.410 e. The van der Waals surface area contributed by atoms with E-state index in [1.165, 1.54) is 0 Å². The molecule has 0 bridgehead atoms. The molecule has 1 fully saturated rings. The number of piperidine rings is 1. The predicted octanol–water partition coefficient (Wildman–Crippen LogP) is 3.70. The minimum Gasteiger partial charge on any atom is -0.444 e. The van der Waals surface area contributed by atoms with E-state index < -0.39 is 11.7 Å². The molecule has 156 valence electrons. The highest BCUT2D eigenvalue weighted by Gasteiger charge is 2.28. The van der Waals surface area contributed by atoms with Crippen LogP contribution in [0, 0.1) is 5.92 Å². The number of amides is 2. The maximum absolute atomic E-state index is 12.6. The third kappa shape index (κ3) is 7.15. The summed E-state index contributed by atoms with van der Waals surface area (Å²) in [7, 11) is 1.77. The molecule has 0 spiro atoms. The van der Waals surface area contributed by atoms with Crippen molar-refractivity contribution in [3.8, 4) is 0 Å². The number of nitrogens with zero attached hydrogens (tertiary/aromatic N) is 2. The van der Waals surface area contributed by atoms with Crippen molar-refractivity contribution in [2.24, 2.45) is 5.92 Å². The summed E-state index contributed by atoms with van der Waals surface area (Å²) < 4.78 is 11.2. The van der Waals surface area contributed by atoms with Gasteiger partial charge in [-0.1, -0.05) is 30.3 Å². The zero-order chi connectivity index (χ0) is 20.7. The van der Waals surface area contributed by atoms with Gasteiger partial charge in [0.05, 0.1) is 6.61 Å². The zero-order valence-corrected chi connectivity index (χ0v) is 17.8. The molecular weight excluding hydrogens is 356 g/mol. The van der Waals surface area contributed by atoms with E-state index in [1.54, 1.807) is 11.9 Å². The Bertz CT molecular complexity index is 634. The molecule has 0 aromatic heterocycles. The highest BCUT2D eigenvalue weighted by molar-refractivity contribution is 5.80. The van der Waals surface area contributed by atoms with Gasteiger partial charge < -0.3 is 19.3 Å². The van der Waals surface area contributed by atoms with E-state index in [-0.39, 0.29) is 12.0 Å². The summed E-state index contributed by atoms with van der Waals surface area (Å²) in [4.78, 5) is 28.2. The SMILES string of the molecule is CC(OCc1ccccc1)C(=O)N1CCC(CN(C)C(=O)OC(C)(C)C)CC1. The lowest BCUT2D eigenvalue weighted by Crippen LogP contribution is -2.46. The molecule has 1 aromatic rings. The van der Waals surface area contributed by atoms with Crippen LogP contribution in [0.15, 0.2) is 30.3 Å². The topological polar surface area (TPSA) is 59.1 Å². The fourth-order valence-electron chi connectivity index (χ4n) is 3.26. The van der Waals surface area contributed by atoms with Gasteiger partial charge >= 0.3 is 6.09 Å². The third-order valence-electron chi connectivity index (χ3n) is 4.85. The molecule has 0 saturated carbocycles. The Labute approximate surface area is 168 Å². The van der Waals surface area contributed by atoms with E-state index in [1.807, 2.05) is 62.9 Å². The first-order valence-electron chi connectivity index (χ1n) is 10.0. The second kappa shape index (κ2) is 9.92. The average Bonchev–Trinajstić information content (AvgIpc) is 2.65. The summed E-state index contributed by atoms with van der Waals surface area (Å²) in [5, 5.41) is 0. The summed E-state index contributed by atoms with van der Waals surface area (Å²) in [5.41, 5.74) is 0.572. The van der Waals surface area contributed by atoms with Gasteiger partial charge in [0.15, 0.2) is 0 Å². The van der Waals surface area contributed by atoms with Crippen LogP contribution in [0.25, 0.3) is 0 Å². The number of rotatable bonds is 6. The minimum absolute atomic E-state index is 0.0369. The molecule has 0 N–H and O–H groups in total. The lowest BCUT2D eigenvalue weighted by Gasteiger charge is -2.35. The van der Waals surface area contributed by atoms with Gasteiger partial charge in [0.25, 0.3) is 5.91 Å². The van der Waals surface area contributed by atoms with Gasteiger partial charge in [-0.15, -0.1) is 0 Å². The standard InChI is InChI=1S/C22H34N2O4/c1-17(27-16-19-9-7-6-8-10-19)20(25)24-13-11-18(12-14-24)15-23(5)21(26)28-22(2,3)4/h6-10,17-18H,11-16H2,1-5H3. The van der Waals surface area contributed by atoms with Crippen molar-refractivity contribution in [1.82, 2.24) is 9.80 Å². The molecule has 1 aromatic carbocycles. The molecule has 6 heteroatoms. The maximum atomic E-state index is 12.6. The largest absolute Gasteiger partial charge is 0.444 e. The minimum atomic E-state index is -0.489. The molecule has 2 rings (SSSR count). The normalized spacial score (nSPS) is 16.5. The van der Waals surface area contributed by atoms with Gasteiger partial charge in [-0.3, -0.25) is 4.79 Å². The molecule has 0 radical (unpaired) electrons. The van der Waals surface area contributed by atoms with Crippen LogP contribution in [0.3, 0.4) is 0 Å². The number of carbonyl (C=O) groups is 2. The van der Waals surface area contributed by atoms with Crippen LogP contribution in [0.2, 0.25) is 0 Å². The first-order chi connectivity index (χ1) is 13.2. The first kappa shape index (κ1) is 22.2. The van der Waals surface area contributed by atoms with E-state index >= 15 is 0 Å². The lowest BCUT2D eigenvalue weighted by molar-refractivity contribution is -0.144. The van der Waals surface area contributed by atoms with Gasteiger partial charge in [0.2, 0.25) is 0 Å². The van der Waals surface area contributed by atoms with Crippen LogP contribution in [0.4, 0.5) is 4.79 Å². The molecule has 1 heterocycles. The summed E-state index contributed by atoms with van der Waals surface area (Å²) in [6.07, 6.45) is 1.00. The van der Waals surface area contributed by atoms with E-state index in [9.17, 15) is 9.59 Å². The van der Waals surface area contributed by atoms with Gasteiger partial charge in [0, 0.05) is 26.7 Å². The fourth-order valence-corrected chi connectivity index (χ4v) is 3.26. The number of benzene rings is 1. The molecule has 1 unspecified atom stereocenters. The highest BCUT2D eigenvalue weighted by Crippen LogP contribution is 2.20. The lowest BCUT2D eigenvalue weighted by atomic mass is 9.96. The van der Waals surface area contributed by atoms with Gasteiger partial charge in [0.1, 0.15) is 11.7 Å².